The van der Waals surface area contributed by atoms with Crippen molar-refractivity contribution in [1.82, 2.24) is 30.6 Å². The molecule has 0 aromatic carbocycles. The fourth-order valence-electron chi connectivity index (χ4n) is 2.68. The highest BCUT2D eigenvalue weighted by atomic mass is 32.1. The summed E-state index contributed by atoms with van der Waals surface area (Å²) in [4.78, 5) is 5.48. The number of nitrogens with one attached hydrogen (secondary N) is 3. The molecule has 0 bridgehead atoms. The molecule has 3 aromatic rings. The van der Waals surface area contributed by atoms with Crippen molar-refractivity contribution in [3.05, 3.63) is 57.5 Å². The number of pyridine rings is 1. The SMILES string of the molecule is S=c1[nH]nc(C2CC(c3cccs3)NN2)n1-c1cccnc1. The Bertz CT molecular complexity index is 807. The molecule has 0 radical (unpaired) electrons. The lowest BCUT2D eigenvalue weighted by Crippen LogP contribution is -2.27. The summed E-state index contributed by atoms with van der Waals surface area (Å²) in [6, 6.07) is 8.45. The Kier molecular flexibility index (Phi) is 3.59. The minimum absolute atomic E-state index is 0.0836. The first-order chi connectivity index (χ1) is 10.8. The van der Waals surface area contributed by atoms with Crippen LogP contribution in [-0.2, 0) is 0 Å². The van der Waals surface area contributed by atoms with Gasteiger partial charge in [0.25, 0.3) is 0 Å². The number of thiophene rings is 1. The number of H-pyrrole nitrogens is 1. The maximum atomic E-state index is 5.37. The van der Waals surface area contributed by atoms with E-state index in [-0.39, 0.29) is 12.1 Å². The van der Waals surface area contributed by atoms with Crippen LogP contribution in [0.3, 0.4) is 0 Å². The smallest absolute Gasteiger partial charge is 0.199 e. The van der Waals surface area contributed by atoms with E-state index < -0.39 is 0 Å². The molecule has 6 nitrogen and oxygen atoms in total. The lowest BCUT2D eigenvalue weighted by Gasteiger charge is -2.11. The average molecular weight is 330 g/mol. The maximum Gasteiger partial charge on any atom is 0.199 e. The second-order valence-corrected chi connectivity index (χ2v) is 6.44. The molecule has 3 N–H and O–H groups in total. The molecule has 2 atom stereocenters. The molecule has 0 aliphatic carbocycles. The monoisotopic (exact) mass is 330 g/mol. The van der Waals surface area contributed by atoms with Gasteiger partial charge in [-0.2, -0.15) is 5.10 Å². The van der Waals surface area contributed by atoms with Crippen LogP contribution in [0.2, 0.25) is 0 Å². The number of nitrogens with zero attached hydrogens (tertiary/aromatic N) is 3. The van der Waals surface area contributed by atoms with E-state index in [4.69, 9.17) is 12.2 Å². The van der Waals surface area contributed by atoms with E-state index in [2.05, 4.69) is 43.5 Å². The van der Waals surface area contributed by atoms with Crippen LogP contribution in [0, 0.1) is 4.77 Å². The second-order valence-electron chi connectivity index (χ2n) is 5.08. The van der Waals surface area contributed by atoms with Crippen molar-refractivity contribution in [3.63, 3.8) is 0 Å². The first kappa shape index (κ1) is 13.8. The Morgan fingerprint density at radius 1 is 1.23 bits per heavy atom. The van der Waals surface area contributed by atoms with Crippen molar-refractivity contribution in [2.45, 2.75) is 18.5 Å². The third kappa shape index (κ3) is 2.40. The molecule has 22 heavy (non-hydrogen) atoms. The zero-order chi connectivity index (χ0) is 14.9. The number of aromatic amines is 1. The molecule has 112 valence electrons. The average Bonchev–Trinajstić information content (AvgIpc) is 3.28. The van der Waals surface area contributed by atoms with Crippen LogP contribution in [0.15, 0.2) is 42.0 Å². The summed E-state index contributed by atoms with van der Waals surface area (Å²) in [7, 11) is 0. The molecule has 1 saturated heterocycles. The minimum Gasteiger partial charge on any atom is -0.269 e. The summed E-state index contributed by atoms with van der Waals surface area (Å²) in [6.07, 6.45) is 4.45. The van der Waals surface area contributed by atoms with Gasteiger partial charge in [0.2, 0.25) is 0 Å². The Hall–Kier alpha value is -1.87. The van der Waals surface area contributed by atoms with Crippen LogP contribution in [0.5, 0.6) is 0 Å². The van der Waals surface area contributed by atoms with E-state index >= 15 is 0 Å². The van der Waals surface area contributed by atoms with Gasteiger partial charge in [0.05, 0.1) is 24.0 Å². The number of hydrogen-bond donors (Lipinski definition) is 3. The molecule has 1 aliphatic heterocycles. The number of hydrazine groups is 1. The summed E-state index contributed by atoms with van der Waals surface area (Å²) in [5.41, 5.74) is 7.57. The Labute approximate surface area is 136 Å². The van der Waals surface area contributed by atoms with Gasteiger partial charge in [-0.3, -0.25) is 14.6 Å². The zero-order valence-corrected chi connectivity index (χ0v) is 13.2. The van der Waals surface area contributed by atoms with Gasteiger partial charge in [-0.15, -0.1) is 11.3 Å². The van der Waals surface area contributed by atoms with E-state index in [1.807, 2.05) is 16.7 Å². The molecule has 2 unspecified atom stereocenters. The fourth-order valence-corrected chi connectivity index (χ4v) is 3.72. The van der Waals surface area contributed by atoms with Gasteiger partial charge < -0.3 is 0 Å². The Balaban J connectivity index is 1.66. The van der Waals surface area contributed by atoms with Crippen molar-refractivity contribution in [2.24, 2.45) is 0 Å². The number of aromatic nitrogens is 4. The van der Waals surface area contributed by atoms with E-state index in [0.29, 0.717) is 4.77 Å². The van der Waals surface area contributed by atoms with Gasteiger partial charge in [-0.1, -0.05) is 6.07 Å². The molecule has 8 heteroatoms. The summed E-state index contributed by atoms with van der Waals surface area (Å²) >= 11 is 7.13. The van der Waals surface area contributed by atoms with E-state index in [9.17, 15) is 0 Å². The topological polar surface area (TPSA) is 70.6 Å². The summed E-state index contributed by atoms with van der Waals surface area (Å²) in [5, 5.41) is 9.39. The van der Waals surface area contributed by atoms with Crippen LogP contribution in [-0.4, -0.2) is 19.7 Å². The molecule has 0 spiro atoms. The van der Waals surface area contributed by atoms with E-state index in [1.54, 1.807) is 23.7 Å². The Morgan fingerprint density at radius 3 is 2.91 bits per heavy atom. The van der Waals surface area contributed by atoms with Crippen molar-refractivity contribution >= 4 is 23.6 Å². The van der Waals surface area contributed by atoms with Gasteiger partial charge in [-0.25, -0.2) is 10.9 Å². The number of hydrogen-bond acceptors (Lipinski definition) is 6. The second kappa shape index (κ2) is 5.73. The van der Waals surface area contributed by atoms with Gasteiger partial charge in [0.1, 0.15) is 0 Å². The van der Waals surface area contributed by atoms with Crippen molar-refractivity contribution in [3.8, 4) is 5.69 Å². The van der Waals surface area contributed by atoms with Gasteiger partial charge >= 0.3 is 0 Å². The molecule has 4 heterocycles. The molecule has 4 rings (SSSR count). The van der Waals surface area contributed by atoms with Crippen molar-refractivity contribution < 1.29 is 0 Å². The largest absolute Gasteiger partial charge is 0.269 e. The molecule has 0 amide bonds. The van der Waals surface area contributed by atoms with Crippen LogP contribution in [0.25, 0.3) is 5.69 Å². The molecular formula is C14H14N6S2. The highest BCUT2D eigenvalue weighted by Gasteiger charge is 2.30. The quantitative estimate of drug-likeness (QED) is 0.644. The first-order valence-electron chi connectivity index (χ1n) is 6.95. The standard InChI is InChI=1S/C14H14N6S2/c21-14-19-18-13(20(14)9-3-1-5-15-8-9)11-7-10(16-17-11)12-4-2-6-22-12/h1-6,8,10-11,16-17H,7H2,(H,19,21). The van der Waals surface area contributed by atoms with E-state index in [0.717, 1.165) is 17.9 Å². The third-order valence-corrected chi connectivity index (χ3v) is 4.96. The molecule has 1 fully saturated rings. The zero-order valence-electron chi connectivity index (χ0n) is 11.6. The molecule has 3 aromatic heterocycles. The lowest BCUT2D eigenvalue weighted by molar-refractivity contribution is 0.536. The summed E-state index contributed by atoms with van der Waals surface area (Å²) < 4.78 is 2.50. The minimum atomic E-state index is 0.0836. The summed E-state index contributed by atoms with van der Waals surface area (Å²) in [6.45, 7) is 0. The molecule has 1 aliphatic rings. The lowest BCUT2D eigenvalue weighted by atomic mass is 10.1. The van der Waals surface area contributed by atoms with Crippen LogP contribution in [0.1, 0.15) is 29.2 Å². The van der Waals surface area contributed by atoms with Crippen molar-refractivity contribution in [2.75, 3.05) is 0 Å². The Morgan fingerprint density at radius 2 is 2.14 bits per heavy atom. The van der Waals surface area contributed by atoms with Crippen LogP contribution >= 0.6 is 23.6 Å². The molecular weight excluding hydrogens is 316 g/mol. The predicted octanol–water partition coefficient (Wildman–Crippen LogP) is 2.67. The third-order valence-electron chi connectivity index (χ3n) is 3.70. The fraction of sp³-hybridized carbons (Fsp3) is 0.214. The highest BCUT2D eigenvalue weighted by Crippen LogP contribution is 2.32. The van der Waals surface area contributed by atoms with Gasteiger partial charge in [-0.05, 0) is 42.2 Å². The highest BCUT2D eigenvalue weighted by molar-refractivity contribution is 7.71. The maximum absolute atomic E-state index is 5.37. The normalized spacial score (nSPS) is 21.3. The predicted molar refractivity (Wildman–Crippen MR) is 87.2 cm³/mol. The van der Waals surface area contributed by atoms with Crippen LogP contribution < -0.4 is 10.9 Å². The molecule has 0 saturated carbocycles. The van der Waals surface area contributed by atoms with Crippen LogP contribution in [0.4, 0.5) is 0 Å². The van der Waals surface area contributed by atoms with Crippen molar-refractivity contribution in [1.29, 1.82) is 0 Å². The number of rotatable bonds is 3. The van der Waals surface area contributed by atoms with Gasteiger partial charge in [0, 0.05) is 11.1 Å². The first-order valence-corrected chi connectivity index (χ1v) is 8.24. The summed E-state index contributed by atoms with van der Waals surface area (Å²) in [5.74, 6) is 0.865. The van der Waals surface area contributed by atoms with Gasteiger partial charge in [0.15, 0.2) is 10.6 Å². The van der Waals surface area contributed by atoms with E-state index in [1.165, 1.54) is 4.88 Å².